The molecular formula is C28H34N4O2S2. The SMILES string of the molecule is CC(C)(C)[S@@](=O)N=C1CCc2c(C#N)cccc21.CC(C)(C)[S@@](=O)N[C@@H]1CCc2c(C#N)cccc21. The molecule has 3 atom stereocenters. The minimum absolute atomic E-state index is 0.105. The third-order valence-corrected chi connectivity index (χ3v) is 9.18. The summed E-state index contributed by atoms with van der Waals surface area (Å²) in [6.07, 6.45) is 3.39. The Kier molecular flexibility index (Phi) is 8.67. The lowest BCUT2D eigenvalue weighted by Crippen LogP contribution is -2.35. The molecule has 190 valence electrons. The number of nitriles is 2. The van der Waals surface area contributed by atoms with E-state index >= 15 is 0 Å². The number of fused-ring (bicyclic) bond motifs is 2. The van der Waals surface area contributed by atoms with Crippen LogP contribution in [0, 0.1) is 22.7 Å². The topological polar surface area (TPSA) is 106 Å². The van der Waals surface area contributed by atoms with Crippen LogP contribution in [0.2, 0.25) is 0 Å². The lowest BCUT2D eigenvalue weighted by atomic mass is 10.0. The second-order valence-electron chi connectivity index (χ2n) is 10.9. The predicted octanol–water partition coefficient (Wildman–Crippen LogP) is 5.35. The van der Waals surface area contributed by atoms with E-state index in [0.29, 0.717) is 5.56 Å². The van der Waals surface area contributed by atoms with Gasteiger partial charge in [0.15, 0.2) is 0 Å². The van der Waals surface area contributed by atoms with Crippen molar-refractivity contribution < 1.29 is 8.42 Å². The summed E-state index contributed by atoms with van der Waals surface area (Å²) in [5, 5.41) is 18.1. The molecule has 4 rings (SSSR count). The first kappa shape index (κ1) is 27.9. The molecule has 0 fully saturated rings. The van der Waals surface area contributed by atoms with E-state index in [1.54, 1.807) is 0 Å². The van der Waals surface area contributed by atoms with Crippen LogP contribution in [0.25, 0.3) is 0 Å². The normalized spacial score (nSPS) is 19.3. The minimum atomic E-state index is -1.24. The van der Waals surface area contributed by atoms with Crippen LogP contribution in [0.1, 0.15) is 93.8 Å². The van der Waals surface area contributed by atoms with Gasteiger partial charge in [-0.2, -0.15) is 14.9 Å². The number of hydrogen-bond donors (Lipinski definition) is 1. The highest BCUT2D eigenvalue weighted by Crippen LogP contribution is 2.34. The smallest absolute Gasteiger partial charge is 0.145 e. The number of nitrogens with zero attached hydrogens (tertiary/aromatic N) is 3. The molecule has 6 nitrogen and oxygen atoms in total. The van der Waals surface area contributed by atoms with Crippen LogP contribution >= 0.6 is 0 Å². The van der Waals surface area contributed by atoms with E-state index in [4.69, 9.17) is 10.5 Å². The standard InChI is InChI=1S/C14H18N2OS.C14H16N2OS/c2*1-14(2,3)18(17)16-13-8-7-11-10(9-15)5-4-6-12(11)13/h4-6,13,16H,7-8H2,1-3H3;4-6H,7-8H2,1-3H3/t13-,18-;18-/m11/s1. The highest BCUT2D eigenvalue weighted by molar-refractivity contribution is 7.85. The number of rotatable bonds is 3. The summed E-state index contributed by atoms with van der Waals surface area (Å²) in [7, 11) is -2.31. The molecule has 0 saturated heterocycles. The summed E-state index contributed by atoms with van der Waals surface area (Å²) >= 11 is 0. The Morgan fingerprint density at radius 2 is 1.47 bits per heavy atom. The molecule has 0 amide bonds. The maximum Gasteiger partial charge on any atom is 0.145 e. The molecule has 0 aromatic heterocycles. The van der Waals surface area contributed by atoms with Gasteiger partial charge in [0.25, 0.3) is 0 Å². The zero-order valence-electron chi connectivity index (χ0n) is 21.8. The summed E-state index contributed by atoms with van der Waals surface area (Å²) in [5.41, 5.74) is 6.61. The molecule has 2 aromatic rings. The van der Waals surface area contributed by atoms with Gasteiger partial charge in [-0.15, -0.1) is 0 Å². The molecule has 0 spiro atoms. The lowest BCUT2D eigenvalue weighted by molar-refractivity contribution is 0.596. The van der Waals surface area contributed by atoms with Crippen LogP contribution in [-0.4, -0.2) is 23.6 Å². The van der Waals surface area contributed by atoms with E-state index in [1.165, 1.54) is 0 Å². The van der Waals surface area contributed by atoms with Crippen molar-refractivity contribution in [1.82, 2.24) is 4.72 Å². The van der Waals surface area contributed by atoms with Crippen molar-refractivity contribution >= 4 is 27.7 Å². The van der Waals surface area contributed by atoms with E-state index in [1.807, 2.05) is 77.9 Å². The van der Waals surface area contributed by atoms with E-state index in [9.17, 15) is 8.42 Å². The highest BCUT2D eigenvalue weighted by atomic mass is 32.2. The monoisotopic (exact) mass is 522 g/mol. The van der Waals surface area contributed by atoms with Gasteiger partial charge in [0.2, 0.25) is 0 Å². The van der Waals surface area contributed by atoms with Gasteiger partial charge < -0.3 is 0 Å². The second-order valence-corrected chi connectivity index (χ2v) is 14.8. The van der Waals surface area contributed by atoms with Gasteiger partial charge in [0, 0.05) is 11.6 Å². The van der Waals surface area contributed by atoms with Gasteiger partial charge in [-0.1, -0.05) is 24.3 Å². The number of hydrogen-bond acceptors (Lipinski definition) is 4. The molecule has 2 aliphatic carbocycles. The molecule has 0 heterocycles. The average Bonchev–Trinajstić information content (AvgIpc) is 3.42. The van der Waals surface area contributed by atoms with Crippen LogP contribution in [0.3, 0.4) is 0 Å². The summed E-state index contributed by atoms with van der Waals surface area (Å²) in [6, 6.07) is 16.0. The first-order valence-electron chi connectivity index (χ1n) is 12.1. The fraction of sp³-hybridized carbons (Fsp3) is 0.464. The molecule has 0 radical (unpaired) electrons. The van der Waals surface area contributed by atoms with Crippen molar-refractivity contribution in [3.8, 4) is 12.1 Å². The molecular weight excluding hydrogens is 488 g/mol. The van der Waals surface area contributed by atoms with Crippen molar-refractivity contribution in [3.63, 3.8) is 0 Å². The van der Waals surface area contributed by atoms with Crippen LogP contribution in [-0.2, 0) is 34.8 Å². The second kappa shape index (κ2) is 11.2. The molecule has 36 heavy (non-hydrogen) atoms. The van der Waals surface area contributed by atoms with E-state index in [-0.39, 0.29) is 15.5 Å². The lowest BCUT2D eigenvalue weighted by Gasteiger charge is -2.22. The van der Waals surface area contributed by atoms with Crippen molar-refractivity contribution in [2.45, 2.75) is 82.8 Å². The van der Waals surface area contributed by atoms with Crippen LogP contribution < -0.4 is 4.72 Å². The molecule has 0 unspecified atom stereocenters. The third-order valence-electron chi connectivity index (χ3n) is 6.13. The zero-order valence-corrected chi connectivity index (χ0v) is 23.5. The predicted molar refractivity (Wildman–Crippen MR) is 147 cm³/mol. The largest absolute Gasteiger partial charge is 0.242 e. The van der Waals surface area contributed by atoms with Crippen molar-refractivity contribution in [2.75, 3.05) is 0 Å². The van der Waals surface area contributed by atoms with E-state index < -0.39 is 22.0 Å². The van der Waals surface area contributed by atoms with Gasteiger partial charge in [-0.3, -0.25) is 0 Å². The summed E-state index contributed by atoms with van der Waals surface area (Å²) < 4.78 is 31.1. The van der Waals surface area contributed by atoms with Crippen LogP contribution in [0.4, 0.5) is 0 Å². The van der Waals surface area contributed by atoms with Gasteiger partial charge >= 0.3 is 0 Å². The first-order chi connectivity index (χ1) is 16.9. The molecule has 0 bridgehead atoms. The summed E-state index contributed by atoms with van der Waals surface area (Å²) in [5.74, 6) is 0. The Morgan fingerprint density at radius 3 is 2.06 bits per heavy atom. The van der Waals surface area contributed by atoms with Gasteiger partial charge in [0.05, 0.1) is 49.5 Å². The van der Waals surface area contributed by atoms with Crippen molar-refractivity contribution in [3.05, 3.63) is 69.8 Å². The molecule has 2 aliphatic rings. The zero-order chi connectivity index (χ0) is 26.7. The molecule has 2 aromatic carbocycles. The maximum absolute atomic E-state index is 12.1. The minimum Gasteiger partial charge on any atom is -0.242 e. The fourth-order valence-corrected chi connectivity index (χ4v) is 5.65. The number of benzene rings is 2. The van der Waals surface area contributed by atoms with E-state index in [0.717, 1.165) is 59.2 Å². The Morgan fingerprint density at radius 1 is 0.861 bits per heavy atom. The molecule has 8 heteroatoms. The van der Waals surface area contributed by atoms with Crippen molar-refractivity contribution in [1.29, 1.82) is 10.5 Å². The third kappa shape index (κ3) is 6.37. The number of nitrogens with one attached hydrogen (secondary N) is 1. The quantitative estimate of drug-likeness (QED) is 0.586. The van der Waals surface area contributed by atoms with Crippen LogP contribution in [0.5, 0.6) is 0 Å². The summed E-state index contributed by atoms with van der Waals surface area (Å²) in [6.45, 7) is 11.6. The maximum atomic E-state index is 12.1. The Labute approximate surface area is 220 Å². The summed E-state index contributed by atoms with van der Waals surface area (Å²) in [4.78, 5) is 0. The van der Waals surface area contributed by atoms with Gasteiger partial charge in [-0.25, -0.2) is 13.1 Å². The molecule has 1 N–H and O–H groups in total. The molecule has 0 saturated carbocycles. The van der Waals surface area contributed by atoms with Gasteiger partial charge in [-0.05, 0) is 96.0 Å². The fourth-order valence-electron chi connectivity index (χ4n) is 4.13. The Hall–Kier alpha value is -2.65. The van der Waals surface area contributed by atoms with Gasteiger partial charge in [0.1, 0.15) is 11.0 Å². The highest BCUT2D eigenvalue weighted by Gasteiger charge is 2.29. The van der Waals surface area contributed by atoms with Crippen molar-refractivity contribution in [2.24, 2.45) is 4.40 Å². The first-order valence-corrected chi connectivity index (χ1v) is 14.3. The van der Waals surface area contributed by atoms with Crippen LogP contribution in [0.15, 0.2) is 40.8 Å². The average molecular weight is 523 g/mol. The van der Waals surface area contributed by atoms with E-state index in [2.05, 4.69) is 21.3 Å². The Balaban J connectivity index is 0.000000201. The molecule has 0 aliphatic heterocycles. The Bertz CT molecular complexity index is 1300.